The van der Waals surface area contributed by atoms with Crippen LogP contribution in [0.4, 0.5) is 0 Å². The molecule has 1 aliphatic heterocycles. The van der Waals surface area contributed by atoms with E-state index >= 15 is 0 Å². The Labute approximate surface area is 102 Å². The standard InChI is InChI=1S/C12H19N3O2/c1-14-7-8-15(12(14)9-13-16)10-17-11-5-3-2-4-6-11/h7-9,11H,2-6,10H2,1H3/b12-9+. The van der Waals surface area contributed by atoms with Crippen LogP contribution in [0, 0.1) is 4.91 Å². The van der Waals surface area contributed by atoms with Gasteiger partial charge < -0.3 is 14.5 Å². The summed E-state index contributed by atoms with van der Waals surface area (Å²) in [6.07, 6.45) is 11.6. The van der Waals surface area contributed by atoms with Gasteiger partial charge >= 0.3 is 0 Å². The quantitative estimate of drug-likeness (QED) is 0.705. The average Bonchev–Trinajstić information content (AvgIpc) is 2.70. The van der Waals surface area contributed by atoms with Crippen molar-refractivity contribution >= 4 is 0 Å². The van der Waals surface area contributed by atoms with Crippen LogP contribution in [-0.4, -0.2) is 29.7 Å². The molecule has 0 N–H and O–H groups in total. The van der Waals surface area contributed by atoms with Crippen LogP contribution in [0.1, 0.15) is 32.1 Å². The third-order valence-electron chi connectivity index (χ3n) is 3.30. The van der Waals surface area contributed by atoms with E-state index in [4.69, 9.17) is 4.74 Å². The van der Waals surface area contributed by atoms with Gasteiger partial charge in [-0.2, -0.15) is 0 Å². The Balaban J connectivity index is 1.83. The molecule has 94 valence electrons. The van der Waals surface area contributed by atoms with E-state index in [1.54, 1.807) is 0 Å². The van der Waals surface area contributed by atoms with Crippen molar-refractivity contribution in [3.05, 3.63) is 29.3 Å². The van der Waals surface area contributed by atoms with Crippen LogP contribution in [0.15, 0.2) is 29.6 Å². The van der Waals surface area contributed by atoms with Crippen molar-refractivity contribution in [3.8, 4) is 0 Å². The van der Waals surface area contributed by atoms with E-state index in [0.717, 1.165) is 18.7 Å². The molecule has 0 bridgehead atoms. The number of nitroso groups, excluding NO2 is 1. The Morgan fingerprint density at radius 3 is 2.88 bits per heavy atom. The number of nitrogens with zero attached hydrogens (tertiary/aromatic N) is 3. The zero-order valence-electron chi connectivity index (χ0n) is 10.2. The highest BCUT2D eigenvalue weighted by Gasteiger charge is 2.19. The van der Waals surface area contributed by atoms with Gasteiger partial charge in [0.1, 0.15) is 18.8 Å². The molecule has 0 spiro atoms. The number of rotatable bonds is 4. The molecule has 2 aliphatic rings. The lowest BCUT2D eigenvalue weighted by molar-refractivity contribution is -0.0143. The van der Waals surface area contributed by atoms with Crippen LogP contribution >= 0.6 is 0 Å². The van der Waals surface area contributed by atoms with Crippen molar-refractivity contribution in [1.82, 2.24) is 9.80 Å². The molecule has 0 atom stereocenters. The molecule has 1 heterocycles. The van der Waals surface area contributed by atoms with E-state index in [9.17, 15) is 4.91 Å². The molecule has 0 aromatic rings. The minimum Gasteiger partial charge on any atom is -0.358 e. The molecule has 0 saturated heterocycles. The Morgan fingerprint density at radius 2 is 2.18 bits per heavy atom. The van der Waals surface area contributed by atoms with Crippen molar-refractivity contribution in [1.29, 1.82) is 0 Å². The van der Waals surface area contributed by atoms with Crippen LogP contribution in [0.5, 0.6) is 0 Å². The van der Waals surface area contributed by atoms with E-state index in [0.29, 0.717) is 12.8 Å². The lowest BCUT2D eigenvalue weighted by Gasteiger charge is -2.26. The predicted molar refractivity (Wildman–Crippen MR) is 65.4 cm³/mol. The van der Waals surface area contributed by atoms with Crippen LogP contribution < -0.4 is 0 Å². The van der Waals surface area contributed by atoms with E-state index in [1.807, 2.05) is 29.2 Å². The first-order valence-corrected chi connectivity index (χ1v) is 6.13. The van der Waals surface area contributed by atoms with E-state index in [2.05, 4.69) is 5.18 Å². The molecular formula is C12H19N3O2. The smallest absolute Gasteiger partial charge is 0.136 e. The molecule has 2 rings (SSSR count). The van der Waals surface area contributed by atoms with Crippen molar-refractivity contribution in [2.45, 2.75) is 38.2 Å². The molecule has 17 heavy (non-hydrogen) atoms. The van der Waals surface area contributed by atoms with Gasteiger partial charge in [-0.1, -0.05) is 19.3 Å². The second-order valence-electron chi connectivity index (χ2n) is 4.53. The van der Waals surface area contributed by atoms with Crippen molar-refractivity contribution in [2.75, 3.05) is 13.8 Å². The minimum absolute atomic E-state index is 0.369. The zero-order chi connectivity index (χ0) is 12.1. The van der Waals surface area contributed by atoms with Gasteiger partial charge in [-0.25, -0.2) is 0 Å². The van der Waals surface area contributed by atoms with Gasteiger partial charge in [0.05, 0.1) is 6.10 Å². The van der Waals surface area contributed by atoms with Crippen LogP contribution in [0.25, 0.3) is 0 Å². The summed E-state index contributed by atoms with van der Waals surface area (Å²) in [5.41, 5.74) is 0. The molecule has 1 saturated carbocycles. The highest BCUT2D eigenvalue weighted by atomic mass is 16.5. The molecule has 5 heteroatoms. The van der Waals surface area contributed by atoms with Gasteiger partial charge in [-0.3, -0.25) is 0 Å². The fourth-order valence-corrected chi connectivity index (χ4v) is 2.27. The number of hydrogen-bond donors (Lipinski definition) is 0. The number of hydrogen-bond acceptors (Lipinski definition) is 5. The van der Waals surface area contributed by atoms with Crippen molar-refractivity contribution in [3.63, 3.8) is 0 Å². The van der Waals surface area contributed by atoms with Gasteiger partial charge in [0.25, 0.3) is 0 Å². The summed E-state index contributed by atoms with van der Waals surface area (Å²) in [6.45, 7) is 0.493. The minimum atomic E-state index is 0.369. The Hall–Kier alpha value is -1.36. The highest BCUT2D eigenvalue weighted by Crippen LogP contribution is 2.22. The molecule has 0 unspecified atom stereocenters. The fraction of sp³-hybridized carbons (Fsp3) is 0.667. The molecule has 1 fully saturated rings. The third-order valence-corrected chi connectivity index (χ3v) is 3.30. The van der Waals surface area contributed by atoms with Gasteiger partial charge in [0.15, 0.2) is 0 Å². The Bertz CT molecular complexity index is 322. The SMILES string of the molecule is CN1C=CN(COC2CCCCC2)/C1=C/N=O. The molecule has 0 aromatic heterocycles. The maximum atomic E-state index is 10.3. The maximum absolute atomic E-state index is 10.3. The molecule has 0 amide bonds. The van der Waals surface area contributed by atoms with E-state index < -0.39 is 0 Å². The van der Waals surface area contributed by atoms with Gasteiger partial charge in [0, 0.05) is 19.4 Å². The van der Waals surface area contributed by atoms with Gasteiger partial charge in [-0.05, 0) is 18.0 Å². The summed E-state index contributed by atoms with van der Waals surface area (Å²) >= 11 is 0. The lowest BCUT2D eigenvalue weighted by atomic mass is 9.98. The first-order chi connectivity index (χ1) is 8.31. The van der Waals surface area contributed by atoms with Crippen LogP contribution in [0.3, 0.4) is 0 Å². The summed E-state index contributed by atoms with van der Waals surface area (Å²) in [6, 6.07) is 0. The second kappa shape index (κ2) is 5.82. The topological polar surface area (TPSA) is 45.1 Å². The average molecular weight is 237 g/mol. The summed E-state index contributed by atoms with van der Waals surface area (Å²) in [5.74, 6) is 0.760. The Kier molecular flexibility index (Phi) is 4.14. The fourth-order valence-electron chi connectivity index (χ4n) is 2.27. The summed E-state index contributed by atoms with van der Waals surface area (Å²) in [5, 5.41) is 2.82. The first-order valence-electron chi connectivity index (χ1n) is 6.13. The van der Waals surface area contributed by atoms with E-state index in [-0.39, 0.29) is 0 Å². The Morgan fingerprint density at radius 1 is 1.41 bits per heavy atom. The normalized spacial score (nSPS) is 23.7. The molecule has 1 aliphatic carbocycles. The lowest BCUT2D eigenvalue weighted by Crippen LogP contribution is -2.27. The zero-order valence-corrected chi connectivity index (χ0v) is 10.2. The summed E-state index contributed by atoms with van der Waals surface area (Å²) in [7, 11) is 1.88. The maximum Gasteiger partial charge on any atom is 0.136 e. The molecule has 0 aromatic carbocycles. The third kappa shape index (κ3) is 3.06. The van der Waals surface area contributed by atoms with Crippen LogP contribution in [-0.2, 0) is 4.74 Å². The largest absolute Gasteiger partial charge is 0.358 e. The highest BCUT2D eigenvalue weighted by molar-refractivity contribution is 5.12. The van der Waals surface area contributed by atoms with Gasteiger partial charge in [0.2, 0.25) is 0 Å². The second-order valence-corrected chi connectivity index (χ2v) is 4.53. The summed E-state index contributed by atoms with van der Waals surface area (Å²) < 4.78 is 5.86. The first kappa shape index (κ1) is 12.1. The molecular weight excluding hydrogens is 218 g/mol. The summed E-state index contributed by atoms with van der Waals surface area (Å²) in [4.78, 5) is 14.1. The number of ether oxygens (including phenoxy) is 1. The molecule has 0 radical (unpaired) electrons. The molecule has 5 nitrogen and oxygen atoms in total. The predicted octanol–water partition coefficient (Wildman–Crippen LogP) is 2.58. The van der Waals surface area contributed by atoms with Crippen molar-refractivity contribution in [2.24, 2.45) is 5.18 Å². The van der Waals surface area contributed by atoms with Gasteiger partial charge in [-0.15, -0.1) is 4.91 Å². The van der Waals surface area contributed by atoms with Crippen LogP contribution in [0.2, 0.25) is 0 Å². The monoisotopic (exact) mass is 237 g/mol. The van der Waals surface area contributed by atoms with E-state index in [1.165, 1.54) is 25.5 Å². The van der Waals surface area contributed by atoms with Crippen molar-refractivity contribution < 1.29 is 4.74 Å².